The minimum atomic E-state index is -1.55. The molecule has 2 fully saturated rings. The SMILES string of the molecule is COC1CC(C(C)C)C(N=C(C)C(CCCO[Si](C)(C)C)=NC2C(C(C)C)CC(OC)CC2C(C)C)C(C(C)C)C1. The largest absolute Gasteiger partial charge is 0.418 e. The van der Waals surface area contributed by atoms with Crippen LogP contribution in [0.2, 0.25) is 19.6 Å². The zero-order chi connectivity index (χ0) is 31.1. The van der Waals surface area contributed by atoms with E-state index in [-0.39, 0.29) is 0 Å². The maximum absolute atomic E-state index is 6.28. The van der Waals surface area contributed by atoms with Gasteiger partial charge in [-0.05, 0) is 112 Å². The van der Waals surface area contributed by atoms with Gasteiger partial charge in [-0.1, -0.05) is 55.4 Å². The molecule has 0 amide bonds. The molecular weight excluding hydrogens is 524 g/mol. The molecule has 240 valence electrons. The molecule has 41 heavy (non-hydrogen) atoms. The third-order valence-corrected chi connectivity index (χ3v) is 11.2. The van der Waals surface area contributed by atoms with Gasteiger partial charge in [-0.15, -0.1) is 0 Å². The topological polar surface area (TPSA) is 52.4 Å². The lowest BCUT2D eigenvalue weighted by molar-refractivity contribution is -0.00453. The summed E-state index contributed by atoms with van der Waals surface area (Å²) in [6.07, 6.45) is 7.00. The quantitative estimate of drug-likeness (QED) is 0.115. The molecule has 0 spiro atoms. The molecule has 2 saturated carbocycles. The summed E-state index contributed by atoms with van der Waals surface area (Å²) in [5, 5.41) is 0. The summed E-state index contributed by atoms with van der Waals surface area (Å²) < 4.78 is 18.2. The first-order valence-electron chi connectivity index (χ1n) is 16.9. The fourth-order valence-electron chi connectivity index (χ4n) is 7.47. The van der Waals surface area contributed by atoms with Gasteiger partial charge < -0.3 is 13.9 Å². The minimum absolute atomic E-state index is 0.311. The van der Waals surface area contributed by atoms with Crippen LogP contribution in [-0.2, 0) is 13.9 Å². The highest BCUT2D eigenvalue weighted by Gasteiger charge is 2.42. The molecule has 4 unspecified atom stereocenters. The van der Waals surface area contributed by atoms with E-state index in [4.69, 9.17) is 23.9 Å². The summed E-state index contributed by atoms with van der Waals surface area (Å²) in [5.41, 5.74) is 2.38. The third kappa shape index (κ3) is 10.8. The van der Waals surface area contributed by atoms with E-state index < -0.39 is 8.32 Å². The van der Waals surface area contributed by atoms with E-state index in [9.17, 15) is 0 Å². The molecule has 0 aromatic heterocycles. The van der Waals surface area contributed by atoms with E-state index in [1.807, 2.05) is 14.2 Å². The van der Waals surface area contributed by atoms with E-state index in [2.05, 4.69) is 82.0 Å². The normalized spacial score (nSPS) is 32.5. The first kappa shape index (κ1) is 36.6. The van der Waals surface area contributed by atoms with Gasteiger partial charge in [0, 0.05) is 20.8 Å². The van der Waals surface area contributed by atoms with Crippen molar-refractivity contribution in [1.82, 2.24) is 0 Å². The van der Waals surface area contributed by atoms with Gasteiger partial charge in [-0.3, -0.25) is 9.98 Å². The van der Waals surface area contributed by atoms with Crippen molar-refractivity contribution < 1.29 is 13.9 Å². The minimum Gasteiger partial charge on any atom is -0.418 e. The molecule has 4 atom stereocenters. The van der Waals surface area contributed by atoms with Crippen LogP contribution in [0.5, 0.6) is 0 Å². The summed E-state index contributed by atoms with van der Waals surface area (Å²) in [6, 6.07) is 0.626. The van der Waals surface area contributed by atoms with Gasteiger partial charge in [0.15, 0.2) is 8.32 Å². The Kier molecular flexibility index (Phi) is 14.7. The first-order chi connectivity index (χ1) is 19.1. The lowest BCUT2D eigenvalue weighted by Crippen LogP contribution is -2.45. The number of hydrogen-bond acceptors (Lipinski definition) is 5. The smallest absolute Gasteiger partial charge is 0.183 e. The Hall–Kier alpha value is -0.563. The lowest BCUT2D eigenvalue weighted by Gasteiger charge is -2.44. The Morgan fingerprint density at radius 3 is 1.34 bits per heavy atom. The molecule has 0 saturated heterocycles. The van der Waals surface area contributed by atoms with Crippen LogP contribution in [0.3, 0.4) is 0 Å². The summed E-state index contributed by atoms with van der Waals surface area (Å²) in [4.78, 5) is 11.4. The Morgan fingerprint density at radius 2 is 1.02 bits per heavy atom. The standard InChI is InChI=1S/C35H68N2O3Si/c1-22(2)29-18-27(38-10)19-30(23(3)4)34(29)36-26(9)33(16-15-17-40-41(12,13)14)37-35-31(24(5)6)20-28(39-11)21-32(35)25(7)8/h22-25,27-32,34-35H,15-21H2,1-14H3. The van der Waals surface area contributed by atoms with E-state index in [1.165, 1.54) is 5.71 Å². The van der Waals surface area contributed by atoms with Gasteiger partial charge in [-0.25, -0.2) is 0 Å². The van der Waals surface area contributed by atoms with Crippen molar-refractivity contribution in [3.05, 3.63) is 0 Å². The monoisotopic (exact) mass is 592 g/mol. The predicted molar refractivity (Wildman–Crippen MR) is 180 cm³/mol. The van der Waals surface area contributed by atoms with Crippen molar-refractivity contribution in [2.24, 2.45) is 57.3 Å². The molecule has 0 bridgehead atoms. The van der Waals surface area contributed by atoms with Gasteiger partial charge in [0.05, 0.1) is 35.7 Å². The maximum atomic E-state index is 6.28. The molecule has 0 radical (unpaired) electrons. The van der Waals surface area contributed by atoms with Crippen LogP contribution < -0.4 is 0 Å². The van der Waals surface area contributed by atoms with Crippen molar-refractivity contribution in [3.63, 3.8) is 0 Å². The number of aliphatic imine (C=N–C) groups is 2. The fraction of sp³-hybridized carbons (Fsp3) is 0.943. The maximum Gasteiger partial charge on any atom is 0.183 e. The van der Waals surface area contributed by atoms with Crippen LogP contribution in [0.25, 0.3) is 0 Å². The number of rotatable bonds is 14. The van der Waals surface area contributed by atoms with Crippen molar-refractivity contribution in [2.75, 3.05) is 20.8 Å². The highest BCUT2D eigenvalue weighted by Crippen LogP contribution is 2.42. The second-order valence-electron chi connectivity index (χ2n) is 15.6. The molecule has 0 N–H and O–H groups in total. The Balaban J connectivity index is 2.55. The van der Waals surface area contributed by atoms with Crippen LogP contribution in [0.15, 0.2) is 9.98 Å². The highest BCUT2D eigenvalue weighted by molar-refractivity contribution is 6.69. The molecule has 0 aromatic rings. The van der Waals surface area contributed by atoms with Crippen LogP contribution in [0, 0.1) is 47.3 Å². The van der Waals surface area contributed by atoms with Crippen molar-refractivity contribution in [3.8, 4) is 0 Å². The first-order valence-corrected chi connectivity index (χ1v) is 20.3. The Labute approximate surface area is 256 Å². The Morgan fingerprint density at radius 1 is 0.659 bits per heavy atom. The molecule has 0 aromatic carbocycles. The van der Waals surface area contributed by atoms with Gasteiger partial charge >= 0.3 is 0 Å². The molecule has 5 nitrogen and oxygen atoms in total. The molecular formula is C35H68N2O3Si. The molecule has 0 aliphatic heterocycles. The number of ether oxygens (including phenoxy) is 2. The predicted octanol–water partition coefficient (Wildman–Crippen LogP) is 8.96. The van der Waals surface area contributed by atoms with Crippen LogP contribution >= 0.6 is 0 Å². The summed E-state index contributed by atoms with van der Waals surface area (Å²) >= 11 is 0. The highest BCUT2D eigenvalue weighted by atomic mass is 28.4. The average Bonchev–Trinajstić information content (AvgIpc) is 2.88. The summed E-state index contributed by atoms with van der Waals surface area (Å²) in [7, 11) is 2.23. The number of nitrogens with zero attached hydrogens (tertiary/aromatic N) is 2. The van der Waals surface area contributed by atoms with Crippen molar-refractivity contribution in [2.45, 2.75) is 145 Å². The van der Waals surface area contributed by atoms with Crippen LogP contribution in [0.4, 0.5) is 0 Å². The second kappa shape index (κ2) is 16.5. The molecule has 2 aliphatic rings. The van der Waals surface area contributed by atoms with E-state index in [1.54, 1.807) is 0 Å². The molecule has 0 heterocycles. The third-order valence-electron chi connectivity index (χ3n) is 10.1. The van der Waals surface area contributed by atoms with Crippen LogP contribution in [0.1, 0.15) is 101 Å². The number of hydrogen-bond donors (Lipinski definition) is 0. The van der Waals surface area contributed by atoms with Gasteiger partial charge in [0.2, 0.25) is 0 Å². The summed E-state index contributed by atoms with van der Waals surface area (Å²) in [5.74, 6) is 4.36. The van der Waals surface area contributed by atoms with E-state index in [0.29, 0.717) is 71.6 Å². The Bertz CT molecular complexity index is 796. The summed E-state index contributed by atoms with van der Waals surface area (Å²) in [6.45, 7) is 28.9. The lowest BCUT2D eigenvalue weighted by atomic mass is 9.67. The number of methoxy groups -OCH3 is 2. The van der Waals surface area contributed by atoms with Gasteiger partial charge in [0.25, 0.3) is 0 Å². The second-order valence-corrected chi connectivity index (χ2v) is 20.1. The zero-order valence-corrected chi connectivity index (χ0v) is 30.5. The average molecular weight is 593 g/mol. The molecule has 2 rings (SSSR count). The van der Waals surface area contributed by atoms with Gasteiger partial charge in [-0.2, -0.15) is 0 Å². The zero-order valence-electron chi connectivity index (χ0n) is 29.5. The molecule has 6 heteroatoms. The van der Waals surface area contributed by atoms with Gasteiger partial charge in [0.1, 0.15) is 0 Å². The molecule has 2 aliphatic carbocycles. The van der Waals surface area contributed by atoms with Crippen molar-refractivity contribution in [1.29, 1.82) is 0 Å². The van der Waals surface area contributed by atoms with E-state index in [0.717, 1.165) is 50.8 Å². The van der Waals surface area contributed by atoms with Crippen LogP contribution in [-0.4, -0.2) is 64.9 Å². The van der Waals surface area contributed by atoms with Crippen molar-refractivity contribution >= 4 is 19.7 Å². The van der Waals surface area contributed by atoms with E-state index >= 15 is 0 Å². The fourth-order valence-corrected chi connectivity index (χ4v) is 8.22.